The van der Waals surface area contributed by atoms with Gasteiger partial charge >= 0.3 is 0 Å². The molecule has 0 spiro atoms. The molecule has 0 saturated heterocycles. The van der Waals surface area contributed by atoms with Gasteiger partial charge in [0, 0.05) is 29.6 Å². The molecule has 1 amide bonds. The number of rotatable bonds is 3. The van der Waals surface area contributed by atoms with Crippen LogP contribution in [0, 0.1) is 5.82 Å². The van der Waals surface area contributed by atoms with Gasteiger partial charge in [0.1, 0.15) is 5.82 Å². The standard InChI is InChI=1S/C21H17FN6O/c22-16-4-1-13(2-5-16)21(29)25-20-10-15-9-14(3-6-18(15)26-27-20)17-11-24-28-8-7-23-12-19(17)28/h1-6,9-11,23H,7-8,12H2,(H,25,27,29). The molecule has 0 aliphatic carbocycles. The third kappa shape index (κ3) is 3.34. The van der Waals surface area contributed by atoms with Gasteiger partial charge in [-0.1, -0.05) is 6.07 Å². The Kier molecular flexibility index (Phi) is 4.25. The number of fused-ring (bicyclic) bond motifs is 2. The second-order valence-corrected chi connectivity index (χ2v) is 6.87. The molecular weight excluding hydrogens is 371 g/mol. The highest BCUT2D eigenvalue weighted by Crippen LogP contribution is 2.28. The lowest BCUT2D eigenvalue weighted by atomic mass is 10.0. The Bertz CT molecular complexity index is 1220. The molecule has 0 radical (unpaired) electrons. The van der Waals surface area contributed by atoms with E-state index < -0.39 is 5.82 Å². The van der Waals surface area contributed by atoms with Crippen molar-refractivity contribution in [3.63, 3.8) is 0 Å². The second-order valence-electron chi connectivity index (χ2n) is 6.87. The number of nitrogens with zero attached hydrogens (tertiary/aromatic N) is 4. The molecule has 5 rings (SSSR count). The van der Waals surface area contributed by atoms with Crippen molar-refractivity contribution in [1.29, 1.82) is 0 Å². The highest BCUT2D eigenvalue weighted by atomic mass is 19.1. The fourth-order valence-electron chi connectivity index (χ4n) is 3.49. The van der Waals surface area contributed by atoms with E-state index in [0.29, 0.717) is 11.4 Å². The van der Waals surface area contributed by atoms with Crippen molar-refractivity contribution in [2.45, 2.75) is 13.1 Å². The summed E-state index contributed by atoms with van der Waals surface area (Å²) in [7, 11) is 0. The van der Waals surface area contributed by atoms with E-state index in [1.165, 1.54) is 24.3 Å². The average Bonchev–Trinajstić information content (AvgIpc) is 3.18. The molecule has 8 heteroatoms. The van der Waals surface area contributed by atoms with E-state index in [9.17, 15) is 9.18 Å². The van der Waals surface area contributed by atoms with Crippen molar-refractivity contribution in [3.8, 4) is 11.1 Å². The normalized spacial score (nSPS) is 13.3. The van der Waals surface area contributed by atoms with Crippen LogP contribution in [0.4, 0.5) is 10.2 Å². The predicted molar refractivity (Wildman–Crippen MR) is 107 cm³/mol. The lowest BCUT2D eigenvalue weighted by Gasteiger charge is -2.16. The summed E-state index contributed by atoms with van der Waals surface area (Å²) in [6, 6.07) is 13.0. The molecule has 7 nitrogen and oxygen atoms in total. The van der Waals surface area contributed by atoms with Gasteiger partial charge in [-0.2, -0.15) is 5.10 Å². The Morgan fingerprint density at radius 3 is 2.83 bits per heavy atom. The number of nitrogens with one attached hydrogen (secondary N) is 2. The zero-order valence-corrected chi connectivity index (χ0v) is 15.4. The van der Waals surface area contributed by atoms with Gasteiger partial charge in [-0.3, -0.25) is 9.48 Å². The number of anilines is 1. The van der Waals surface area contributed by atoms with Crippen LogP contribution in [0.25, 0.3) is 22.0 Å². The van der Waals surface area contributed by atoms with Crippen molar-refractivity contribution in [2.24, 2.45) is 0 Å². The van der Waals surface area contributed by atoms with Crippen molar-refractivity contribution >= 4 is 22.6 Å². The molecule has 1 aliphatic heterocycles. The van der Waals surface area contributed by atoms with Crippen LogP contribution in [0.15, 0.2) is 54.7 Å². The maximum atomic E-state index is 13.0. The molecule has 2 aromatic carbocycles. The lowest BCUT2D eigenvalue weighted by Crippen LogP contribution is -2.28. The first-order valence-electron chi connectivity index (χ1n) is 9.27. The lowest BCUT2D eigenvalue weighted by molar-refractivity contribution is 0.102. The van der Waals surface area contributed by atoms with Gasteiger partial charge < -0.3 is 10.6 Å². The van der Waals surface area contributed by atoms with Crippen LogP contribution in [-0.2, 0) is 13.1 Å². The predicted octanol–water partition coefficient (Wildman–Crippen LogP) is 2.99. The Morgan fingerprint density at radius 1 is 1.10 bits per heavy atom. The summed E-state index contributed by atoms with van der Waals surface area (Å²) in [5, 5.41) is 19.7. The first-order chi connectivity index (χ1) is 14.2. The molecule has 4 aromatic rings. The summed E-state index contributed by atoms with van der Waals surface area (Å²) in [5.74, 6) is -0.425. The van der Waals surface area contributed by atoms with Crippen LogP contribution in [0.5, 0.6) is 0 Å². The molecule has 2 aromatic heterocycles. The molecule has 0 unspecified atom stereocenters. The molecule has 2 N–H and O–H groups in total. The van der Waals surface area contributed by atoms with Crippen LogP contribution < -0.4 is 10.6 Å². The zero-order chi connectivity index (χ0) is 19.8. The third-order valence-electron chi connectivity index (χ3n) is 4.99. The van der Waals surface area contributed by atoms with E-state index in [1.807, 2.05) is 29.1 Å². The number of amides is 1. The maximum absolute atomic E-state index is 13.0. The molecule has 0 saturated carbocycles. The molecule has 144 valence electrons. The Hall–Kier alpha value is -3.65. The smallest absolute Gasteiger partial charge is 0.256 e. The molecular formula is C21H17FN6O. The number of hydrogen-bond donors (Lipinski definition) is 2. The number of carbonyl (C=O) groups is 1. The summed E-state index contributed by atoms with van der Waals surface area (Å²) in [4.78, 5) is 12.4. The molecule has 0 atom stereocenters. The summed E-state index contributed by atoms with van der Waals surface area (Å²) >= 11 is 0. The zero-order valence-electron chi connectivity index (χ0n) is 15.4. The van der Waals surface area contributed by atoms with Gasteiger partial charge in [0.25, 0.3) is 5.91 Å². The third-order valence-corrected chi connectivity index (χ3v) is 4.99. The SMILES string of the molecule is O=C(Nc1cc2cc(-c3cnn4c3CNCC4)ccc2nn1)c1ccc(F)cc1. The van der Waals surface area contributed by atoms with E-state index in [0.717, 1.165) is 47.4 Å². The van der Waals surface area contributed by atoms with Crippen molar-refractivity contribution in [2.75, 3.05) is 11.9 Å². The number of aromatic nitrogens is 4. The van der Waals surface area contributed by atoms with E-state index in [2.05, 4.69) is 25.9 Å². The summed E-state index contributed by atoms with van der Waals surface area (Å²) in [6.07, 6.45) is 1.88. The molecule has 29 heavy (non-hydrogen) atoms. The first kappa shape index (κ1) is 17.4. The van der Waals surface area contributed by atoms with E-state index in [1.54, 1.807) is 6.07 Å². The highest BCUT2D eigenvalue weighted by Gasteiger charge is 2.16. The van der Waals surface area contributed by atoms with Gasteiger partial charge in [-0.25, -0.2) is 4.39 Å². The minimum Gasteiger partial charge on any atom is -0.309 e. The second kappa shape index (κ2) is 7.06. The van der Waals surface area contributed by atoms with Crippen LogP contribution in [-0.4, -0.2) is 32.4 Å². The summed E-state index contributed by atoms with van der Waals surface area (Å²) in [5.41, 5.74) is 4.34. The Labute approximate surface area is 165 Å². The maximum Gasteiger partial charge on any atom is 0.256 e. The van der Waals surface area contributed by atoms with E-state index >= 15 is 0 Å². The van der Waals surface area contributed by atoms with Crippen LogP contribution in [0.1, 0.15) is 16.1 Å². The monoisotopic (exact) mass is 388 g/mol. The van der Waals surface area contributed by atoms with E-state index in [4.69, 9.17) is 0 Å². The largest absolute Gasteiger partial charge is 0.309 e. The fraction of sp³-hybridized carbons (Fsp3) is 0.143. The minimum absolute atomic E-state index is 0.336. The molecule has 0 bridgehead atoms. The van der Waals surface area contributed by atoms with E-state index in [-0.39, 0.29) is 5.91 Å². The average molecular weight is 388 g/mol. The number of hydrogen-bond acceptors (Lipinski definition) is 5. The van der Waals surface area contributed by atoms with Crippen LogP contribution in [0.2, 0.25) is 0 Å². The number of carbonyl (C=O) groups excluding carboxylic acids is 1. The fourth-order valence-corrected chi connectivity index (χ4v) is 3.49. The number of benzene rings is 2. The minimum atomic E-state index is -0.392. The molecule has 1 aliphatic rings. The van der Waals surface area contributed by atoms with Gasteiger partial charge in [-0.05, 0) is 48.0 Å². The van der Waals surface area contributed by atoms with Gasteiger partial charge in [0.2, 0.25) is 0 Å². The van der Waals surface area contributed by atoms with Crippen molar-refractivity contribution in [3.05, 3.63) is 71.8 Å². The van der Waals surface area contributed by atoms with Gasteiger partial charge in [-0.15, -0.1) is 10.2 Å². The van der Waals surface area contributed by atoms with Gasteiger partial charge in [0.05, 0.1) is 24.0 Å². The number of halogens is 1. The van der Waals surface area contributed by atoms with Gasteiger partial charge in [0.15, 0.2) is 5.82 Å². The Morgan fingerprint density at radius 2 is 1.97 bits per heavy atom. The first-order valence-corrected chi connectivity index (χ1v) is 9.27. The highest BCUT2D eigenvalue weighted by molar-refractivity contribution is 6.04. The molecule has 0 fully saturated rings. The van der Waals surface area contributed by atoms with Crippen LogP contribution in [0.3, 0.4) is 0 Å². The quantitative estimate of drug-likeness (QED) is 0.564. The Balaban J connectivity index is 1.46. The summed E-state index contributed by atoms with van der Waals surface area (Å²) < 4.78 is 15.1. The van der Waals surface area contributed by atoms with Crippen molar-refractivity contribution in [1.82, 2.24) is 25.3 Å². The summed E-state index contributed by atoms with van der Waals surface area (Å²) in [6.45, 7) is 2.55. The van der Waals surface area contributed by atoms with Crippen molar-refractivity contribution < 1.29 is 9.18 Å². The topological polar surface area (TPSA) is 84.7 Å². The molecule has 3 heterocycles. The van der Waals surface area contributed by atoms with Crippen LogP contribution >= 0.6 is 0 Å².